The van der Waals surface area contributed by atoms with E-state index in [4.69, 9.17) is 4.74 Å². The van der Waals surface area contributed by atoms with Crippen LogP contribution in [-0.2, 0) is 4.74 Å². The second-order valence-corrected chi connectivity index (χ2v) is 4.78. The summed E-state index contributed by atoms with van der Waals surface area (Å²) in [4.78, 5) is 2.35. The molecule has 0 aliphatic heterocycles. The van der Waals surface area contributed by atoms with Gasteiger partial charge in [-0.1, -0.05) is 0 Å². The van der Waals surface area contributed by atoms with Crippen LogP contribution in [0.1, 0.15) is 19.8 Å². The summed E-state index contributed by atoms with van der Waals surface area (Å²) in [5, 5.41) is 12.8. The Hall–Kier alpha value is -0.160. The smallest absolute Gasteiger partial charge is 0.0791 e. The molecule has 1 aliphatic rings. The minimum atomic E-state index is -0.289. The standard InChI is InChI=1S/C12H26N2O2/c1-10(11-4-5-11)14(6-7-16-3)9-12(15)8-13-2/h10-13,15H,4-9H2,1-3H3. The third-order valence-electron chi connectivity index (χ3n) is 3.35. The molecule has 16 heavy (non-hydrogen) atoms. The number of aliphatic hydroxyl groups excluding tert-OH is 1. The molecule has 4 heteroatoms. The molecule has 0 bridgehead atoms. The molecule has 0 radical (unpaired) electrons. The third-order valence-corrected chi connectivity index (χ3v) is 3.35. The van der Waals surface area contributed by atoms with Crippen molar-refractivity contribution in [2.24, 2.45) is 5.92 Å². The topological polar surface area (TPSA) is 44.7 Å². The highest BCUT2D eigenvalue weighted by molar-refractivity contribution is 4.86. The molecule has 1 rings (SSSR count). The monoisotopic (exact) mass is 230 g/mol. The van der Waals surface area contributed by atoms with E-state index in [9.17, 15) is 5.11 Å². The molecule has 0 aromatic rings. The molecular formula is C12H26N2O2. The first-order chi connectivity index (χ1) is 7.69. The third kappa shape index (κ3) is 4.78. The minimum Gasteiger partial charge on any atom is -0.390 e. The van der Waals surface area contributed by atoms with Gasteiger partial charge in [0.15, 0.2) is 0 Å². The van der Waals surface area contributed by atoms with Crippen molar-refractivity contribution in [1.29, 1.82) is 0 Å². The second kappa shape index (κ2) is 7.22. The van der Waals surface area contributed by atoms with E-state index in [0.717, 1.165) is 25.6 Å². The van der Waals surface area contributed by atoms with Crippen molar-refractivity contribution in [3.05, 3.63) is 0 Å². The molecule has 1 fully saturated rings. The average molecular weight is 230 g/mol. The van der Waals surface area contributed by atoms with Gasteiger partial charge in [0.2, 0.25) is 0 Å². The Bertz CT molecular complexity index is 186. The van der Waals surface area contributed by atoms with Crippen molar-refractivity contribution >= 4 is 0 Å². The van der Waals surface area contributed by atoms with Crippen LogP contribution in [0.25, 0.3) is 0 Å². The molecule has 4 nitrogen and oxygen atoms in total. The van der Waals surface area contributed by atoms with Gasteiger partial charge in [-0.25, -0.2) is 0 Å². The molecule has 0 aromatic carbocycles. The van der Waals surface area contributed by atoms with Crippen LogP contribution in [0.3, 0.4) is 0 Å². The Labute approximate surface area is 99.0 Å². The predicted molar refractivity (Wildman–Crippen MR) is 65.6 cm³/mol. The summed E-state index contributed by atoms with van der Waals surface area (Å²) in [6.07, 6.45) is 2.39. The van der Waals surface area contributed by atoms with Crippen LogP contribution in [0.15, 0.2) is 0 Å². The molecule has 0 amide bonds. The highest BCUT2D eigenvalue weighted by atomic mass is 16.5. The first kappa shape index (κ1) is 13.9. The number of rotatable bonds is 9. The fraction of sp³-hybridized carbons (Fsp3) is 1.00. The zero-order valence-electron chi connectivity index (χ0n) is 10.8. The Morgan fingerprint density at radius 1 is 1.50 bits per heavy atom. The number of hydrogen-bond acceptors (Lipinski definition) is 4. The first-order valence-electron chi connectivity index (χ1n) is 6.24. The van der Waals surface area contributed by atoms with Gasteiger partial charge in [-0.15, -0.1) is 0 Å². The molecule has 2 unspecified atom stereocenters. The molecular weight excluding hydrogens is 204 g/mol. The normalized spacial score (nSPS) is 20.1. The van der Waals surface area contributed by atoms with Crippen LogP contribution >= 0.6 is 0 Å². The van der Waals surface area contributed by atoms with E-state index in [-0.39, 0.29) is 6.10 Å². The number of methoxy groups -OCH3 is 1. The van der Waals surface area contributed by atoms with Crippen molar-refractivity contribution in [1.82, 2.24) is 10.2 Å². The predicted octanol–water partition coefficient (Wildman–Crippen LogP) is 0.314. The Kier molecular flexibility index (Phi) is 6.28. The van der Waals surface area contributed by atoms with Gasteiger partial charge in [-0.2, -0.15) is 0 Å². The zero-order valence-corrected chi connectivity index (χ0v) is 10.8. The molecule has 2 N–H and O–H groups in total. The molecule has 96 valence electrons. The highest BCUT2D eigenvalue weighted by Crippen LogP contribution is 2.35. The first-order valence-corrected chi connectivity index (χ1v) is 6.24. The number of aliphatic hydroxyl groups is 1. The summed E-state index contributed by atoms with van der Waals surface area (Å²) in [7, 11) is 3.59. The zero-order chi connectivity index (χ0) is 12.0. The lowest BCUT2D eigenvalue weighted by Crippen LogP contribution is -2.44. The Morgan fingerprint density at radius 3 is 2.69 bits per heavy atom. The van der Waals surface area contributed by atoms with Crippen molar-refractivity contribution < 1.29 is 9.84 Å². The number of ether oxygens (including phenoxy) is 1. The molecule has 0 spiro atoms. The maximum Gasteiger partial charge on any atom is 0.0791 e. The largest absolute Gasteiger partial charge is 0.390 e. The summed E-state index contributed by atoms with van der Waals surface area (Å²) in [5.74, 6) is 0.832. The Morgan fingerprint density at radius 2 is 2.19 bits per heavy atom. The number of nitrogens with zero attached hydrogens (tertiary/aromatic N) is 1. The second-order valence-electron chi connectivity index (χ2n) is 4.78. The lowest BCUT2D eigenvalue weighted by Gasteiger charge is -2.30. The lowest BCUT2D eigenvalue weighted by molar-refractivity contribution is 0.0631. The van der Waals surface area contributed by atoms with Crippen LogP contribution in [-0.4, -0.2) is 62.6 Å². The van der Waals surface area contributed by atoms with Crippen LogP contribution in [0.2, 0.25) is 0 Å². The number of likely N-dealkylation sites (N-methyl/N-ethyl adjacent to an activating group) is 1. The average Bonchev–Trinajstić information content (AvgIpc) is 3.07. The fourth-order valence-electron chi connectivity index (χ4n) is 2.12. The van der Waals surface area contributed by atoms with E-state index in [1.807, 2.05) is 7.05 Å². The van der Waals surface area contributed by atoms with Crippen LogP contribution < -0.4 is 5.32 Å². The van der Waals surface area contributed by atoms with Gasteiger partial charge in [0.05, 0.1) is 12.7 Å². The van der Waals surface area contributed by atoms with E-state index >= 15 is 0 Å². The Balaban J connectivity index is 2.35. The van der Waals surface area contributed by atoms with Crippen molar-refractivity contribution in [2.45, 2.75) is 31.9 Å². The van der Waals surface area contributed by atoms with E-state index in [1.54, 1.807) is 7.11 Å². The van der Waals surface area contributed by atoms with E-state index in [1.165, 1.54) is 12.8 Å². The molecule has 1 saturated carbocycles. The van der Waals surface area contributed by atoms with Crippen molar-refractivity contribution in [3.8, 4) is 0 Å². The number of hydrogen-bond donors (Lipinski definition) is 2. The maximum absolute atomic E-state index is 9.83. The number of nitrogens with one attached hydrogen (secondary N) is 1. The molecule has 0 heterocycles. The molecule has 0 saturated heterocycles. The van der Waals surface area contributed by atoms with Crippen LogP contribution in [0.5, 0.6) is 0 Å². The van der Waals surface area contributed by atoms with E-state index < -0.39 is 0 Å². The van der Waals surface area contributed by atoms with E-state index in [2.05, 4.69) is 17.1 Å². The maximum atomic E-state index is 9.83. The van der Waals surface area contributed by atoms with Crippen molar-refractivity contribution in [3.63, 3.8) is 0 Å². The van der Waals surface area contributed by atoms with E-state index in [0.29, 0.717) is 12.6 Å². The summed E-state index contributed by atoms with van der Waals surface area (Å²) in [6.45, 7) is 5.31. The summed E-state index contributed by atoms with van der Waals surface area (Å²) in [5.41, 5.74) is 0. The van der Waals surface area contributed by atoms with Crippen molar-refractivity contribution in [2.75, 3.05) is 40.4 Å². The SMILES string of the molecule is CNCC(O)CN(CCOC)C(C)C1CC1. The van der Waals surface area contributed by atoms with Gasteiger partial charge in [-0.05, 0) is 32.7 Å². The van der Waals surface area contributed by atoms with Gasteiger partial charge >= 0.3 is 0 Å². The van der Waals surface area contributed by atoms with Gasteiger partial charge in [-0.3, -0.25) is 4.90 Å². The van der Waals surface area contributed by atoms with Gasteiger partial charge in [0, 0.05) is 32.8 Å². The minimum absolute atomic E-state index is 0.289. The lowest BCUT2D eigenvalue weighted by atomic mass is 10.1. The molecule has 1 aliphatic carbocycles. The highest BCUT2D eigenvalue weighted by Gasteiger charge is 2.32. The van der Waals surface area contributed by atoms with Crippen LogP contribution in [0, 0.1) is 5.92 Å². The van der Waals surface area contributed by atoms with Gasteiger partial charge in [0.1, 0.15) is 0 Å². The summed E-state index contributed by atoms with van der Waals surface area (Å²) in [6, 6.07) is 0.571. The van der Waals surface area contributed by atoms with Gasteiger partial charge in [0.25, 0.3) is 0 Å². The molecule has 0 aromatic heterocycles. The summed E-state index contributed by atoms with van der Waals surface area (Å²) < 4.78 is 5.13. The fourth-order valence-corrected chi connectivity index (χ4v) is 2.12. The quantitative estimate of drug-likeness (QED) is 0.598. The van der Waals surface area contributed by atoms with Gasteiger partial charge < -0.3 is 15.2 Å². The molecule has 2 atom stereocenters. The summed E-state index contributed by atoms with van der Waals surface area (Å²) >= 11 is 0. The van der Waals surface area contributed by atoms with Crippen LogP contribution in [0.4, 0.5) is 0 Å².